The lowest BCUT2D eigenvalue weighted by molar-refractivity contribution is -0.149. The Kier molecular flexibility index (Phi) is 10.8. The molecule has 2 bridgehead atoms. The minimum Gasteiger partial charge on any atom is -0.491 e. The number of aliphatic hydroxyl groups excluding tert-OH is 1. The van der Waals surface area contributed by atoms with Gasteiger partial charge in [0.05, 0.1) is 36.9 Å². The Hall–Kier alpha value is -4.43. The van der Waals surface area contributed by atoms with E-state index in [0.29, 0.717) is 47.5 Å². The van der Waals surface area contributed by atoms with Crippen LogP contribution in [0.2, 0.25) is 0 Å². The number of hydrogen-bond donors (Lipinski definition) is 1. The third-order valence-electron chi connectivity index (χ3n) is 8.06. The second-order valence-electron chi connectivity index (χ2n) is 11.2. The summed E-state index contributed by atoms with van der Waals surface area (Å²) < 4.78 is 21.8. The van der Waals surface area contributed by atoms with Crippen LogP contribution in [0.3, 0.4) is 0 Å². The van der Waals surface area contributed by atoms with E-state index in [4.69, 9.17) is 24.1 Å². The summed E-state index contributed by atoms with van der Waals surface area (Å²) in [6.07, 6.45) is 9.46. The fraction of sp³-hybridized carbons (Fsp3) is 0.361. The van der Waals surface area contributed by atoms with E-state index in [1.807, 2.05) is 24.3 Å². The summed E-state index contributed by atoms with van der Waals surface area (Å²) in [5.41, 5.74) is 2.87. The first kappa shape index (κ1) is 31.0. The third kappa shape index (κ3) is 8.57. The normalized spacial score (nSPS) is 18.2. The number of unbranched alkanes of at least 4 members (excludes halogenated alkanes) is 1. The topological polar surface area (TPSA) is 108 Å². The van der Waals surface area contributed by atoms with Crippen molar-refractivity contribution in [2.45, 2.75) is 38.5 Å². The molecular formula is C36H38O8. The lowest BCUT2D eigenvalue weighted by Crippen LogP contribution is -2.22. The molecule has 3 unspecified atom stereocenters. The van der Waals surface area contributed by atoms with Crippen LogP contribution in [-0.2, 0) is 27.1 Å². The number of benzene rings is 3. The summed E-state index contributed by atoms with van der Waals surface area (Å²) >= 11 is 0. The molecule has 0 radical (unpaired) electrons. The Labute approximate surface area is 257 Å². The maximum absolute atomic E-state index is 12.6. The van der Waals surface area contributed by atoms with Crippen LogP contribution in [0.1, 0.15) is 57.5 Å². The predicted molar refractivity (Wildman–Crippen MR) is 164 cm³/mol. The van der Waals surface area contributed by atoms with Gasteiger partial charge in [-0.05, 0) is 97.5 Å². The van der Waals surface area contributed by atoms with Crippen LogP contribution in [0.4, 0.5) is 0 Å². The number of esters is 3. The van der Waals surface area contributed by atoms with Gasteiger partial charge in [0, 0.05) is 6.42 Å². The van der Waals surface area contributed by atoms with Crippen LogP contribution in [0.15, 0.2) is 84.9 Å². The largest absolute Gasteiger partial charge is 0.491 e. The van der Waals surface area contributed by atoms with Crippen LogP contribution in [0.5, 0.6) is 11.5 Å². The molecule has 1 fully saturated rings. The number of allylic oxidation sites excluding steroid dienone is 2. The first-order valence-corrected chi connectivity index (χ1v) is 15.2. The summed E-state index contributed by atoms with van der Waals surface area (Å²) in [5, 5.41) is 8.88. The smallest absolute Gasteiger partial charge is 0.343 e. The van der Waals surface area contributed by atoms with Crippen molar-refractivity contribution in [2.75, 3.05) is 26.4 Å². The molecule has 5 rings (SSSR count). The third-order valence-corrected chi connectivity index (χ3v) is 8.06. The molecule has 0 amide bonds. The zero-order chi connectivity index (χ0) is 30.7. The molecule has 3 aromatic rings. The molecule has 2 aliphatic carbocycles. The Balaban J connectivity index is 0.980. The van der Waals surface area contributed by atoms with Gasteiger partial charge >= 0.3 is 17.9 Å². The van der Waals surface area contributed by atoms with Gasteiger partial charge in [-0.25, -0.2) is 9.59 Å². The predicted octanol–water partition coefficient (Wildman–Crippen LogP) is 5.75. The van der Waals surface area contributed by atoms with Crippen LogP contribution in [0.25, 0.3) is 0 Å². The molecule has 0 aromatic heterocycles. The van der Waals surface area contributed by atoms with Gasteiger partial charge in [-0.15, -0.1) is 0 Å². The number of carbonyl (C=O) groups excluding carboxylic acids is 3. The first-order valence-electron chi connectivity index (χ1n) is 15.2. The molecule has 1 saturated carbocycles. The van der Waals surface area contributed by atoms with Gasteiger partial charge in [-0.2, -0.15) is 0 Å². The summed E-state index contributed by atoms with van der Waals surface area (Å²) in [4.78, 5) is 37.3. The summed E-state index contributed by atoms with van der Waals surface area (Å²) in [6, 6.07) is 21.1. The first-order chi connectivity index (χ1) is 21.5. The van der Waals surface area contributed by atoms with Gasteiger partial charge in [0.25, 0.3) is 0 Å². The van der Waals surface area contributed by atoms with Crippen molar-refractivity contribution in [3.05, 3.63) is 107 Å². The number of carbonyl (C=O) groups is 3. The van der Waals surface area contributed by atoms with E-state index in [1.54, 1.807) is 48.5 Å². The minimum absolute atomic E-state index is 0.0434. The molecule has 44 heavy (non-hydrogen) atoms. The summed E-state index contributed by atoms with van der Waals surface area (Å²) in [7, 11) is 0. The summed E-state index contributed by atoms with van der Waals surface area (Å²) in [6.45, 7) is 0.678. The van der Waals surface area contributed by atoms with Gasteiger partial charge in [0.1, 0.15) is 18.1 Å². The van der Waals surface area contributed by atoms with Crippen molar-refractivity contribution >= 4 is 17.9 Å². The van der Waals surface area contributed by atoms with Crippen molar-refractivity contribution < 1.29 is 38.4 Å². The highest BCUT2D eigenvalue weighted by Crippen LogP contribution is 2.43. The SMILES string of the molecule is O=C(OCCc1ccc(OC(=O)c2ccc(CCCCOC(=O)C3CC4C=CC3C4)cc2)cc1)c1cccc(OCCO)c1. The number of rotatable bonds is 15. The molecule has 0 heterocycles. The van der Waals surface area contributed by atoms with E-state index in [-0.39, 0.29) is 31.7 Å². The lowest BCUT2D eigenvalue weighted by Gasteiger charge is -2.16. The molecule has 230 valence electrons. The van der Waals surface area contributed by atoms with Crippen molar-refractivity contribution in [1.29, 1.82) is 0 Å². The van der Waals surface area contributed by atoms with Crippen molar-refractivity contribution in [2.24, 2.45) is 17.8 Å². The zero-order valence-corrected chi connectivity index (χ0v) is 24.7. The van der Waals surface area contributed by atoms with Crippen LogP contribution < -0.4 is 9.47 Å². The highest BCUT2D eigenvalue weighted by atomic mass is 16.5. The van der Waals surface area contributed by atoms with E-state index in [0.717, 1.165) is 43.2 Å². The van der Waals surface area contributed by atoms with Crippen molar-refractivity contribution in [3.8, 4) is 11.5 Å². The van der Waals surface area contributed by atoms with Gasteiger partial charge in [0.2, 0.25) is 0 Å². The molecule has 0 spiro atoms. The van der Waals surface area contributed by atoms with Crippen LogP contribution >= 0.6 is 0 Å². The average molecular weight is 599 g/mol. The Morgan fingerprint density at radius 2 is 1.48 bits per heavy atom. The fourth-order valence-electron chi connectivity index (χ4n) is 5.68. The molecular weight excluding hydrogens is 560 g/mol. The molecule has 2 aliphatic rings. The molecule has 0 saturated heterocycles. The van der Waals surface area contributed by atoms with E-state index in [9.17, 15) is 14.4 Å². The van der Waals surface area contributed by atoms with Gasteiger partial charge in [-0.3, -0.25) is 4.79 Å². The number of aliphatic hydroxyl groups is 1. The molecule has 0 aliphatic heterocycles. The van der Waals surface area contributed by atoms with Crippen molar-refractivity contribution in [3.63, 3.8) is 0 Å². The van der Waals surface area contributed by atoms with Crippen LogP contribution in [0, 0.1) is 17.8 Å². The van der Waals surface area contributed by atoms with E-state index < -0.39 is 11.9 Å². The number of fused-ring (bicyclic) bond motifs is 2. The Morgan fingerprint density at radius 3 is 2.20 bits per heavy atom. The number of ether oxygens (including phenoxy) is 4. The molecule has 8 nitrogen and oxygen atoms in total. The second kappa shape index (κ2) is 15.3. The number of hydrogen-bond acceptors (Lipinski definition) is 8. The fourth-order valence-corrected chi connectivity index (χ4v) is 5.68. The highest BCUT2D eigenvalue weighted by molar-refractivity contribution is 5.91. The van der Waals surface area contributed by atoms with Gasteiger partial charge < -0.3 is 24.1 Å². The van der Waals surface area contributed by atoms with Gasteiger partial charge in [-0.1, -0.05) is 42.5 Å². The van der Waals surface area contributed by atoms with E-state index in [1.165, 1.54) is 0 Å². The van der Waals surface area contributed by atoms with Crippen LogP contribution in [-0.4, -0.2) is 49.4 Å². The second-order valence-corrected chi connectivity index (χ2v) is 11.2. The standard InChI is InChI=1S/C36H38O8/c37-18-21-41-32-6-3-5-30(24-32)34(38)43-20-17-26-10-15-31(16-11-26)44-35(39)28-12-7-25(8-13-28)4-1-2-19-42-36(40)33-23-27-9-14-29(33)22-27/h3,5-16,24,27,29,33,37H,1-2,4,17-23H2. The number of aryl methyl sites for hydroxylation is 1. The van der Waals surface area contributed by atoms with E-state index in [2.05, 4.69) is 12.2 Å². The van der Waals surface area contributed by atoms with Crippen molar-refractivity contribution in [1.82, 2.24) is 0 Å². The van der Waals surface area contributed by atoms with Gasteiger partial charge in [0.15, 0.2) is 0 Å². The average Bonchev–Trinajstić information content (AvgIpc) is 3.69. The monoisotopic (exact) mass is 598 g/mol. The highest BCUT2D eigenvalue weighted by Gasteiger charge is 2.40. The lowest BCUT2D eigenvalue weighted by atomic mass is 9.94. The maximum atomic E-state index is 12.6. The molecule has 8 heteroatoms. The van der Waals surface area contributed by atoms with E-state index >= 15 is 0 Å². The summed E-state index contributed by atoms with van der Waals surface area (Å²) in [5.74, 6) is 0.944. The maximum Gasteiger partial charge on any atom is 0.343 e. The minimum atomic E-state index is -0.458. The quantitative estimate of drug-likeness (QED) is 0.102. The molecule has 1 N–H and O–H groups in total. The Bertz CT molecular complexity index is 1440. The Morgan fingerprint density at radius 1 is 0.705 bits per heavy atom. The zero-order valence-electron chi connectivity index (χ0n) is 24.7. The molecule has 3 atom stereocenters. The molecule has 3 aromatic carbocycles.